The van der Waals surface area contributed by atoms with Gasteiger partial charge in [0.1, 0.15) is 0 Å². The van der Waals surface area contributed by atoms with E-state index in [4.69, 9.17) is 0 Å². The molecule has 0 saturated carbocycles. The van der Waals surface area contributed by atoms with Crippen LogP contribution in [0.1, 0.15) is 52.9 Å². The van der Waals surface area contributed by atoms with Gasteiger partial charge in [-0.1, -0.05) is 33.6 Å². The van der Waals surface area contributed by atoms with E-state index in [9.17, 15) is 0 Å². The molecule has 0 aromatic heterocycles. The molecule has 0 radical (unpaired) electrons. The fraction of sp³-hybridized carbons (Fsp3) is 1.00. The van der Waals surface area contributed by atoms with Crippen LogP contribution in [0.2, 0.25) is 0 Å². The minimum Gasteiger partial charge on any atom is -0.313 e. The number of unbranched alkanes of at least 4 members (excludes halogenated alkanes) is 2. The van der Waals surface area contributed by atoms with E-state index in [0.717, 1.165) is 6.04 Å². The average molecular weight is 226 g/mol. The highest BCUT2D eigenvalue weighted by molar-refractivity contribution is 4.90. The van der Waals surface area contributed by atoms with E-state index in [1.165, 1.54) is 51.7 Å². The Bertz CT molecular complexity index is 189. The number of hydrogen-bond acceptors (Lipinski definition) is 2. The van der Waals surface area contributed by atoms with Gasteiger partial charge < -0.3 is 10.2 Å². The minimum atomic E-state index is 0.504. The molecule has 16 heavy (non-hydrogen) atoms. The van der Waals surface area contributed by atoms with E-state index < -0.39 is 0 Å². The van der Waals surface area contributed by atoms with Gasteiger partial charge in [0, 0.05) is 6.04 Å². The van der Waals surface area contributed by atoms with Crippen LogP contribution in [0.5, 0.6) is 0 Å². The zero-order chi connectivity index (χ0) is 12.0. The summed E-state index contributed by atoms with van der Waals surface area (Å²) in [5.41, 5.74) is 0.504. The third kappa shape index (κ3) is 4.42. The maximum absolute atomic E-state index is 3.64. The van der Waals surface area contributed by atoms with Gasteiger partial charge in [0.15, 0.2) is 0 Å². The van der Waals surface area contributed by atoms with Crippen molar-refractivity contribution in [1.29, 1.82) is 0 Å². The first-order valence-corrected chi connectivity index (χ1v) is 6.98. The summed E-state index contributed by atoms with van der Waals surface area (Å²) in [6.07, 6.45) is 6.68. The highest BCUT2D eigenvalue weighted by atomic mass is 15.1. The van der Waals surface area contributed by atoms with Gasteiger partial charge in [-0.3, -0.25) is 0 Å². The van der Waals surface area contributed by atoms with E-state index >= 15 is 0 Å². The molecule has 1 N–H and O–H groups in total. The molecular formula is C14H30N2. The maximum atomic E-state index is 3.64. The van der Waals surface area contributed by atoms with E-state index in [1.807, 2.05) is 0 Å². The molecule has 2 heteroatoms. The summed E-state index contributed by atoms with van der Waals surface area (Å²) in [6.45, 7) is 10.8. The van der Waals surface area contributed by atoms with Crippen molar-refractivity contribution in [3.8, 4) is 0 Å². The third-order valence-corrected chi connectivity index (χ3v) is 4.05. The van der Waals surface area contributed by atoms with Gasteiger partial charge >= 0.3 is 0 Å². The van der Waals surface area contributed by atoms with Gasteiger partial charge in [-0.05, 0) is 51.4 Å². The SMILES string of the molecule is CCCCCN(C)CCC1NCCC1(C)C. The molecule has 1 aliphatic heterocycles. The number of nitrogens with zero attached hydrogens (tertiary/aromatic N) is 1. The Kier molecular flexibility index (Phi) is 5.77. The summed E-state index contributed by atoms with van der Waals surface area (Å²) in [4.78, 5) is 2.49. The van der Waals surface area contributed by atoms with Crippen molar-refractivity contribution in [1.82, 2.24) is 10.2 Å². The summed E-state index contributed by atoms with van der Waals surface area (Å²) in [7, 11) is 2.26. The molecule has 1 unspecified atom stereocenters. The molecule has 0 aliphatic carbocycles. The van der Waals surface area contributed by atoms with Crippen LogP contribution >= 0.6 is 0 Å². The van der Waals surface area contributed by atoms with Crippen LogP contribution in [-0.4, -0.2) is 37.6 Å². The van der Waals surface area contributed by atoms with Crippen molar-refractivity contribution in [2.45, 2.75) is 58.9 Å². The Labute approximate surface area is 102 Å². The first kappa shape index (κ1) is 14.0. The lowest BCUT2D eigenvalue weighted by atomic mass is 9.83. The molecule has 1 saturated heterocycles. The molecule has 0 spiro atoms. The van der Waals surface area contributed by atoms with Crippen molar-refractivity contribution in [2.75, 3.05) is 26.7 Å². The molecule has 0 amide bonds. The molecule has 0 bridgehead atoms. The Balaban J connectivity index is 2.14. The summed E-state index contributed by atoms with van der Waals surface area (Å²) in [6, 6.07) is 0.723. The Morgan fingerprint density at radius 2 is 2.00 bits per heavy atom. The normalized spacial score (nSPS) is 24.2. The topological polar surface area (TPSA) is 15.3 Å². The van der Waals surface area contributed by atoms with Crippen molar-refractivity contribution in [3.05, 3.63) is 0 Å². The number of hydrogen-bond donors (Lipinski definition) is 1. The Morgan fingerprint density at radius 3 is 2.56 bits per heavy atom. The van der Waals surface area contributed by atoms with Gasteiger partial charge in [0.2, 0.25) is 0 Å². The van der Waals surface area contributed by atoms with Crippen molar-refractivity contribution < 1.29 is 0 Å². The van der Waals surface area contributed by atoms with Crippen molar-refractivity contribution >= 4 is 0 Å². The first-order valence-electron chi connectivity index (χ1n) is 6.98. The molecule has 0 aromatic rings. The van der Waals surface area contributed by atoms with E-state index in [0.29, 0.717) is 5.41 Å². The van der Waals surface area contributed by atoms with Gasteiger partial charge in [0.05, 0.1) is 0 Å². The van der Waals surface area contributed by atoms with Crippen LogP contribution in [0.25, 0.3) is 0 Å². The molecule has 1 rings (SSSR count). The largest absolute Gasteiger partial charge is 0.313 e. The number of nitrogens with one attached hydrogen (secondary N) is 1. The molecule has 1 aliphatic rings. The average Bonchev–Trinajstić information content (AvgIpc) is 2.55. The second-order valence-corrected chi connectivity index (χ2v) is 6.04. The quantitative estimate of drug-likeness (QED) is 0.672. The summed E-state index contributed by atoms with van der Waals surface area (Å²) in [5, 5.41) is 3.64. The summed E-state index contributed by atoms with van der Waals surface area (Å²) in [5.74, 6) is 0. The lowest BCUT2D eigenvalue weighted by molar-refractivity contribution is 0.249. The van der Waals surface area contributed by atoms with E-state index in [-0.39, 0.29) is 0 Å². The van der Waals surface area contributed by atoms with Crippen LogP contribution < -0.4 is 5.32 Å². The van der Waals surface area contributed by atoms with Crippen LogP contribution in [0.3, 0.4) is 0 Å². The third-order valence-electron chi connectivity index (χ3n) is 4.05. The Hall–Kier alpha value is -0.0800. The molecule has 1 atom stereocenters. The second-order valence-electron chi connectivity index (χ2n) is 6.04. The van der Waals surface area contributed by atoms with Crippen molar-refractivity contribution in [3.63, 3.8) is 0 Å². The lowest BCUT2D eigenvalue weighted by Crippen LogP contribution is -2.36. The van der Waals surface area contributed by atoms with Crippen LogP contribution in [0, 0.1) is 5.41 Å². The van der Waals surface area contributed by atoms with Crippen molar-refractivity contribution in [2.24, 2.45) is 5.41 Å². The van der Waals surface area contributed by atoms with Crippen LogP contribution in [0.15, 0.2) is 0 Å². The van der Waals surface area contributed by atoms with Gasteiger partial charge in [-0.2, -0.15) is 0 Å². The monoisotopic (exact) mass is 226 g/mol. The van der Waals surface area contributed by atoms with Gasteiger partial charge in [-0.15, -0.1) is 0 Å². The molecule has 0 aromatic carbocycles. The Morgan fingerprint density at radius 1 is 1.25 bits per heavy atom. The first-order chi connectivity index (χ1) is 7.56. The summed E-state index contributed by atoms with van der Waals surface area (Å²) >= 11 is 0. The van der Waals surface area contributed by atoms with Crippen LogP contribution in [0.4, 0.5) is 0 Å². The molecule has 1 fully saturated rings. The molecule has 96 valence electrons. The molecule has 2 nitrogen and oxygen atoms in total. The fourth-order valence-electron chi connectivity index (χ4n) is 2.60. The second kappa shape index (κ2) is 6.61. The standard InChI is InChI=1S/C14H30N2/c1-5-6-7-11-16(4)12-8-13-14(2,3)9-10-15-13/h13,15H,5-12H2,1-4H3. The van der Waals surface area contributed by atoms with Gasteiger partial charge in [-0.25, -0.2) is 0 Å². The molecular weight excluding hydrogens is 196 g/mol. The van der Waals surface area contributed by atoms with E-state index in [1.54, 1.807) is 0 Å². The van der Waals surface area contributed by atoms with Crippen LogP contribution in [-0.2, 0) is 0 Å². The van der Waals surface area contributed by atoms with E-state index in [2.05, 4.69) is 38.0 Å². The van der Waals surface area contributed by atoms with Gasteiger partial charge in [0.25, 0.3) is 0 Å². The smallest absolute Gasteiger partial charge is 0.0131 e. The summed E-state index contributed by atoms with van der Waals surface area (Å²) < 4.78 is 0. The zero-order valence-electron chi connectivity index (χ0n) is 11.7. The fourth-order valence-corrected chi connectivity index (χ4v) is 2.60. The molecule has 1 heterocycles. The number of rotatable bonds is 7. The predicted molar refractivity (Wildman–Crippen MR) is 71.8 cm³/mol. The minimum absolute atomic E-state index is 0.504. The lowest BCUT2D eigenvalue weighted by Gasteiger charge is -2.28. The predicted octanol–water partition coefficient (Wildman–Crippen LogP) is 2.89. The highest BCUT2D eigenvalue weighted by Crippen LogP contribution is 2.31. The highest BCUT2D eigenvalue weighted by Gasteiger charge is 2.33. The zero-order valence-corrected chi connectivity index (χ0v) is 11.7. The maximum Gasteiger partial charge on any atom is 0.0131 e.